The Bertz CT molecular complexity index is 223. The standard InChI is InChI=1S/C12H24N2O2/c1-8(2)11(12(15)14-13)16-10-6-4-9(3)5-7-10/h8-11H,4-7,13H2,1-3H3,(H,14,15). The summed E-state index contributed by atoms with van der Waals surface area (Å²) >= 11 is 0. The minimum Gasteiger partial charge on any atom is -0.365 e. The molecular formula is C12H24N2O2. The monoisotopic (exact) mass is 228 g/mol. The summed E-state index contributed by atoms with van der Waals surface area (Å²) in [6.07, 6.45) is 4.31. The number of nitrogens with two attached hydrogens (primary N) is 1. The van der Waals surface area contributed by atoms with Gasteiger partial charge in [-0.15, -0.1) is 0 Å². The van der Waals surface area contributed by atoms with E-state index in [9.17, 15) is 4.79 Å². The largest absolute Gasteiger partial charge is 0.365 e. The first-order valence-electron chi connectivity index (χ1n) is 6.20. The Balaban J connectivity index is 2.45. The Labute approximate surface area is 97.9 Å². The van der Waals surface area contributed by atoms with Crippen LogP contribution in [0, 0.1) is 11.8 Å². The highest BCUT2D eigenvalue weighted by Crippen LogP contribution is 2.27. The number of amides is 1. The Kier molecular flexibility index (Phi) is 5.22. The van der Waals surface area contributed by atoms with E-state index in [-0.39, 0.29) is 17.9 Å². The summed E-state index contributed by atoms with van der Waals surface area (Å²) in [6.45, 7) is 6.22. The van der Waals surface area contributed by atoms with Gasteiger partial charge in [0.15, 0.2) is 0 Å². The zero-order chi connectivity index (χ0) is 12.1. The van der Waals surface area contributed by atoms with Gasteiger partial charge in [0, 0.05) is 0 Å². The van der Waals surface area contributed by atoms with Crippen LogP contribution in [-0.2, 0) is 9.53 Å². The van der Waals surface area contributed by atoms with Crippen LogP contribution in [0.1, 0.15) is 46.5 Å². The van der Waals surface area contributed by atoms with Gasteiger partial charge in [-0.1, -0.05) is 20.8 Å². The van der Waals surface area contributed by atoms with Crippen molar-refractivity contribution >= 4 is 5.91 Å². The van der Waals surface area contributed by atoms with E-state index in [1.165, 1.54) is 12.8 Å². The van der Waals surface area contributed by atoms with Crippen molar-refractivity contribution in [3.8, 4) is 0 Å². The van der Waals surface area contributed by atoms with E-state index in [2.05, 4.69) is 12.3 Å². The first kappa shape index (κ1) is 13.5. The Hall–Kier alpha value is -0.610. The molecular weight excluding hydrogens is 204 g/mol. The summed E-state index contributed by atoms with van der Waals surface area (Å²) < 4.78 is 5.86. The molecule has 0 spiro atoms. The molecule has 4 nitrogen and oxygen atoms in total. The van der Waals surface area contributed by atoms with E-state index in [1.54, 1.807) is 0 Å². The molecule has 0 aromatic rings. The van der Waals surface area contributed by atoms with Crippen LogP contribution in [0.5, 0.6) is 0 Å². The van der Waals surface area contributed by atoms with Gasteiger partial charge in [0.2, 0.25) is 0 Å². The zero-order valence-electron chi connectivity index (χ0n) is 10.5. The molecule has 1 aliphatic carbocycles. The molecule has 3 N–H and O–H groups in total. The van der Waals surface area contributed by atoms with Crippen LogP contribution in [0.15, 0.2) is 0 Å². The lowest BCUT2D eigenvalue weighted by atomic mass is 9.88. The van der Waals surface area contributed by atoms with Gasteiger partial charge in [-0.05, 0) is 37.5 Å². The SMILES string of the molecule is CC1CCC(OC(C(=O)NN)C(C)C)CC1. The third kappa shape index (κ3) is 3.76. The van der Waals surface area contributed by atoms with Crippen LogP contribution in [0.2, 0.25) is 0 Å². The van der Waals surface area contributed by atoms with Crippen LogP contribution >= 0.6 is 0 Å². The molecule has 16 heavy (non-hydrogen) atoms. The molecule has 0 aliphatic heterocycles. The molecule has 0 saturated heterocycles. The maximum atomic E-state index is 11.5. The van der Waals surface area contributed by atoms with E-state index < -0.39 is 6.10 Å². The van der Waals surface area contributed by atoms with Gasteiger partial charge in [-0.2, -0.15) is 0 Å². The fraction of sp³-hybridized carbons (Fsp3) is 0.917. The van der Waals surface area contributed by atoms with E-state index in [4.69, 9.17) is 10.6 Å². The highest BCUT2D eigenvalue weighted by Gasteiger charge is 2.28. The molecule has 0 heterocycles. The van der Waals surface area contributed by atoms with Gasteiger partial charge < -0.3 is 4.74 Å². The van der Waals surface area contributed by atoms with Crippen LogP contribution in [0.3, 0.4) is 0 Å². The molecule has 0 aromatic heterocycles. The van der Waals surface area contributed by atoms with Crippen LogP contribution in [0.25, 0.3) is 0 Å². The summed E-state index contributed by atoms with van der Waals surface area (Å²) in [5.74, 6) is 5.89. The van der Waals surface area contributed by atoms with Crippen molar-refractivity contribution in [2.45, 2.75) is 58.7 Å². The average molecular weight is 228 g/mol. The lowest BCUT2D eigenvalue weighted by Crippen LogP contribution is -2.45. The van der Waals surface area contributed by atoms with E-state index >= 15 is 0 Å². The second-order valence-corrected chi connectivity index (χ2v) is 5.19. The van der Waals surface area contributed by atoms with Crippen molar-refractivity contribution in [1.82, 2.24) is 5.43 Å². The number of carbonyl (C=O) groups excluding carboxylic acids is 1. The van der Waals surface area contributed by atoms with Crippen LogP contribution in [-0.4, -0.2) is 18.1 Å². The normalized spacial score (nSPS) is 27.8. The second-order valence-electron chi connectivity index (χ2n) is 5.19. The fourth-order valence-corrected chi connectivity index (χ4v) is 2.18. The van der Waals surface area contributed by atoms with Gasteiger partial charge in [0.05, 0.1) is 6.10 Å². The quantitative estimate of drug-likeness (QED) is 0.436. The summed E-state index contributed by atoms with van der Waals surface area (Å²) in [4.78, 5) is 11.5. The first-order valence-corrected chi connectivity index (χ1v) is 6.20. The molecule has 94 valence electrons. The molecule has 1 aliphatic rings. The van der Waals surface area contributed by atoms with Gasteiger partial charge >= 0.3 is 0 Å². The van der Waals surface area contributed by atoms with Gasteiger partial charge in [-0.3, -0.25) is 10.2 Å². The summed E-state index contributed by atoms with van der Waals surface area (Å²) in [5.41, 5.74) is 2.18. The summed E-state index contributed by atoms with van der Waals surface area (Å²) in [6, 6.07) is 0. The minimum atomic E-state index is -0.414. The number of ether oxygens (including phenoxy) is 1. The second kappa shape index (κ2) is 6.21. The van der Waals surface area contributed by atoms with Crippen molar-refractivity contribution < 1.29 is 9.53 Å². The highest BCUT2D eigenvalue weighted by molar-refractivity contribution is 5.80. The number of carbonyl (C=O) groups is 1. The van der Waals surface area contributed by atoms with E-state index in [1.807, 2.05) is 13.8 Å². The van der Waals surface area contributed by atoms with Crippen molar-refractivity contribution in [3.63, 3.8) is 0 Å². The predicted molar refractivity (Wildman–Crippen MR) is 63.5 cm³/mol. The molecule has 1 fully saturated rings. The topological polar surface area (TPSA) is 64.3 Å². The number of rotatable bonds is 4. The van der Waals surface area contributed by atoms with Gasteiger partial charge in [-0.25, -0.2) is 5.84 Å². The number of hydrogen-bond acceptors (Lipinski definition) is 3. The third-order valence-corrected chi connectivity index (χ3v) is 3.31. The molecule has 1 rings (SSSR count). The van der Waals surface area contributed by atoms with Crippen molar-refractivity contribution in [1.29, 1.82) is 0 Å². The molecule has 4 heteroatoms. The predicted octanol–water partition coefficient (Wildman–Crippen LogP) is 1.60. The Morgan fingerprint density at radius 1 is 1.31 bits per heavy atom. The number of hydrazine groups is 1. The molecule has 1 unspecified atom stereocenters. The van der Waals surface area contributed by atoms with Crippen molar-refractivity contribution in [2.24, 2.45) is 17.7 Å². The lowest BCUT2D eigenvalue weighted by molar-refractivity contribution is -0.142. The fourth-order valence-electron chi connectivity index (χ4n) is 2.18. The number of hydrogen-bond donors (Lipinski definition) is 2. The lowest BCUT2D eigenvalue weighted by Gasteiger charge is -2.30. The molecule has 0 bridgehead atoms. The first-order chi connectivity index (χ1) is 7.54. The van der Waals surface area contributed by atoms with E-state index in [0.29, 0.717) is 0 Å². The van der Waals surface area contributed by atoms with Crippen molar-refractivity contribution in [2.75, 3.05) is 0 Å². The van der Waals surface area contributed by atoms with Crippen LogP contribution in [0.4, 0.5) is 0 Å². The van der Waals surface area contributed by atoms with Crippen molar-refractivity contribution in [3.05, 3.63) is 0 Å². The molecule has 0 radical (unpaired) electrons. The summed E-state index contributed by atoms with van der Waals surface area (Å²) in [5, 5.41) is 0. The molecule has 0 aromatic carbocycles. The van der Waals surface area contributed by atoms with E-state index in [0.717, 1.165) is 18.8 Å². The molecule has 1 saturated carbocycles. The minimum absolute atomic E-state index is 0.155. The third-order valence-electron chi connectivity index (χ3n) is 3.31. The van der Waals surface area contributed by atoms with Gasteiger partial charge in [0.25, 0.3) is 5.91 Å². The molecule has 1 amide bonds. The highest BCUT2D eigenvalue weighted by atomic mass is 16.5. The maximum Gasteiger partial charge on any atom is 0.263 e. The Morgan fingerprint density at radius 2 is 1.88 bits per heavy atom. The molecule has 1 atom stereocenters. The Morgan fingerprint density at radius 3 is 2.31 bits per heavy atom. The smallest absolute Gasteiger partial charge is 0.263 e. The van der Waals surface area contributed by atoms with Gasteiger partial charge in [0.1, 0.15) is 6.10 Å². The summed E-state index contributed by atoms with van der Waals surface area (Å²) in [7, 11) is 0. The zero-order valence-corrected chi connectivity index (χ0v) is 10.5. The van der Waals surface area contributed by atoms with Crippen LogP contribution < -0.4 is 11.3 Å². The number of nitrogens with one attached hydrogen (secondary N) is 1. The average Bonchev–Trinajstić information content (AvgIpc) is 2.27. The maximum absolute atomic E-state index is 11.5.